The third-order valence-corrected chi connectivity index (χ3v) is 2.68. The molecular formula is C9H7ClN4S. The number of aromatic nitrogens is 3. The smallest absolute Gasteiger partial charge is 0.147 e. The highest BCUT2D eigenvalue weighted by atomic mass is 35.5. The first-order valence-electron chi connectivity index (χ1n) is 4.11. The lowest BCUT2D eigenvalue weighted by atomic mass is 10.5. The van der Waals surface area contributed by atoms with E-state index in [9.17, 15) is 0 Å². The molecule has 0 spiro atoms. The van der Waals surface area contributed by atoms with Crippen molar-refractivity contribution >= 4 is 29.2 Å². The Bertz CT molecular complexity index is 460. The SMILES string of the molecule is Nc1cc(Sc2cnc(Cl)cn2)ccn1. The number of nitrogens with zero attached hydrogens (tertiary/aromatic N) is 3. The molecule has 4 nitrogen and oxygen atoms in total. The van der Waals surface area contributed by atoms with Crippen LogP contribution in [0, 0.1) is 0 Å². The first kappa shape index (κ1) is 10.2. The number of halogens is 1. The summed E-state index contributed by atoms with van der Waals surface area (Å²) in [6.07, 6.45) is 4.78. The van der Waals surface area contributed by atoms with Crippen LogP contribution < -0.4 is 5.73 Å². The second-order valence-electron chi connectivity index (χ2n) is 2.70. The molecule has 0 fully saturated rings. The van der Waals surface area contributed by atoms with Gasteiger partial charge < -0.3 is 5.73 Å². The zero-order chi connectivity index (χ0) is 10.7. The first-order valence-corrected chi connectivity index (χ1v) is 5.30. The largest absolute Gasteiger partial charge is 0.384 e. The van der Waals surface area contributed by atoms with E-state index in [1.54, 1.807) is 18.5 Å². The van der Waals surface area contributed by atoms with Crippen LogP contribution in [0.5, 0.6) is 0 Å². The Morgan fingerprint density at radius 1 is 1.20 bits per heavy atom. The van der Waals surface area contributed by atoms with E-state index < -0.39 is 0 Å². The molecule has 0 radical (unpaired) electrons. The lowest BCUT2D eigenvalue weighted by Gasteiger charge is -2.00. The van der Waals surface area contributed by atoms with Crippen LogP contribution in [0.3, 0.4) is 0 Å². The molecule has 0 amide bonds. The zero-order valence-electron chi connectivity index (χ0n) is 7.59. The van der Waals surface area contributed by atoms with E-state index in [1.165, 1.54) is 18.0 Å². The van der Waals surface area contributed by atoms with E-state index in [1.807, 2.05) is 6.07 Å². The van der Waals surface area contributed by atoms with Crippen LogP contribution in [0.15, 0.2) is 40.6 Å². The summed E-state index contributed by atoms with van der Waals surface area (Å²) in [7, 11) is 0. The molecule has 0 unspecified atom stereocenters. The van der Waals surface area contributed by atoms with E-state index >= 15 is 0 Å². The Hall–Kier alpha value is -1.33. The number of hydrogen-bond donors (Lipinski definition) is 1. The lowest BCUT2D eigenvalue weighted by molar-refractivity contribution is 1.05. The Balaban J connectivity index is 2.18. The van der Waals surface area contributed by atoms with Crippen molar-refractivity contribution < 1.29 is 0 Å². The summed E-state index contributed by atoms with van der Waals surface area (Å²) in [5.74, 6) is 0.488. The normalized spacial score (nSPS) is 10.2. The molecule has 0 aliphatic carbocycles. The standard InChI is InChI=1S/C9H7ClN4S/c10-7-4-14-9(5-13-7)15-6-1-2-12-8(11)3-6/h1-5H,(H2,11,12). The van der Waals surface area contributed by atoms with Gasteiger partial charge in [0.05, 0.1) is 12.4 Å². The number of nitrogens with two attached hydrogens (primary N) is 1. The van der Waals surface area contributed by atoms with Gasteiger partial charge in [0, 0.05) is 11.1 Å². The summed E-state index contributed by atoms with van der Waals surface area (Å²) in [5.41, 5.74) is 5.55. The molecule has 0 aliphatic heterocycles. The fourth-order valence-electron chi connectivity index (χ4n) is 0.965. The molecule has 2 heterocycles. The highest BCUT2D eigenvalue weighted by Crippen LogP contribution is 2.25. The van der Waals surface area contributed by atoms with Gasteiger partial charge in [-0.15, -0.1) is 0 Å². The molecule has 0 bridgehead atoms. The van der Waals surface area contributed by atoms with Gasteiger partial charge in [-0.1, -0.05) is 23.4 Å². The van der Waals surface area contributed by atoms with Crippen molar-refractivity contribution in [2.24, 2.45) is 0 Å². The van der Waals surface area contributed by atoms with Crippen molar-refractivity contribution in [1.82, 2.24) is 15.0 Å². The molecule has 2 N–H and O–H groups in total. The van der Waals surface area contributed by atoms with Gasteiger partial charge in [-0.2, -0.15) is 0 Å². The van der Waals surface area contributed by atoms with Crippen molar-refractivity contribution in [1.29, 1.82) is 0 Å². The molecule has 76 valence electrons. The van der Waals surface area contributed by atoms with E-state index in [-0.39, 0.29) is 0 Å². The molecule has 2 rings (SSSR count). The highest BCUT2D eigenvalue weighted by molar-refractivity contribution is 7.99. The highest BCUT2D eigenvalue weighted by Gasteiger charge is 2.00. The molecule has 6 heteroatoms. The molecular weight excluding hydrogens is 232 g/mol. The molecule has 0 aromatic carbocycles. The summed E-state index contributed by atoms with van der Waals surface area (Å²) in [6, 6.07) is 3.64. The Kier molecular flexibility index (Phi) is 3.03. The van der Waals surface area contributed by atoms with Gasteiger partial charge in [0.15, 0.2) is 0 Å². The molecule has 0 saturated carbocycles. The second-order valence-corrected chi connectivity index (χ2v) is 4.18. The topological polar surface area (TPSA) is 64.7 Å². The Labute approximate surface area is 95.9 Å². The number of rotatable bonds is 2. The van der Waals surface area contributed by atoms with Crippen LogP contribution in [0.25, 0.3) is 0 Å². The monoisotopic (exact) mass is 238 g/mol. The van der Waals surface area contributed by atoms with Gasteiger partial charge in [-0.05, 0) is 12.1 Å². The average molecular weight is 239 g/mol. The fourth-order valence-corrected chi connectivity index (χ4v) is 1.82. The van der Waals surface area contributed by atoms with Gasteiger partial charge in [-0.3, -0.25) is 0 Å². The third-order valence-electron chi connectivity index (χ3n) is 1.57. The first-order chi connectivity index (χ1) is 7.24. The predicted octanol–water partition coefficient (Wildman–Crippen LogP) is 2.26. The van der Waals surface area contributed by atoms with E-state index in [0.717, 1.165) is 9.92 Å². The van der Waals surface area contributed by atoms with Gasteiger partial charge in [0.1, 0.15) is 16.0 Å². The Morgan fingerprint density at radius 2 is 2.07 bits per heavy atom. The summed E-state index contributed by atoms with van der Waals surface area (Å²) in [6.45, 7) is 0. The fraction of sp³-hybridized carbons (Fsp3) is 0. The third kappa shape index (κ3) is 2.81. The summed E-state index contributed by atoms with van der Waals surface area (Å²) < 4.78 is 0. The maximum Gasteiger partial charge on any atom is 0.147 e. The van der Waals surface area contributed by atoms with Crippen molar-refractivity contribution in [2.45, 2.75) is 9.92 Å². The molecule has 2 aromatic heterocycles. The van der Waals surface area contributed by atoms with Crippen molar-refractivity contribution in [3.05, 3.63) is 35.9 Å². The van der Waals surface area contributed by atoms with E-state index in [0.29, 0.717) is 11.0 Å². The average Bonchev–Trinajstić information content (AvgIpc) is 2.22. The lowest BCUT2D eigenvalue weighted by Crippen LogP contribution is -1.89. The summed E-state index contributed by atoms with van der Waals surface area (Å²) in [5, 5.41) is 1.15. The zero-order valence-corrected chi connectivity index (χ0v) is 9.16. The van der Waals surface area contributed by atoms with Crippen LogP contribution in [-0.4, -0.2) is 15.0 Å². The molecule has 0 atom stereocenters. The van der Waals surface area contributed by atoms with Crippen molar-refractivity contribution in [2.75, 3.05) is 5.73 Å². The molecule has 15 heavy (non-hydrogen) atoms. The van der Waals surface area contributed by atoms with Gasteiger partial charge in [-0.25, -0.2) is 15.0 Å². The van der Waals surface area contributed by atoms with Crippen LogP contribution in [0.1, 0.15) is 0 Å². The maximum absolute atomic E-state index is 5.63. The van der Waals surface area contributed by atoms with E-state index in [2.05, 4.69) is 15.0 Å². The van der Waals surface area contributed by atoms with Crippen LogP contribution in [0.2, 0.25) is 5.15 Å². The maximum atomic E-state index is 5.63. The van der Waals surface area contributed by atoms with E-state index in [4.69, 9.17) is 17.3 Å². The summed E-state index contributed by atoms with van der Waals surface area (Å²) in [4.78, 5) is 12.9. The number of pyridine rings is 1. The minimum absolute atomic E-state index is 0.383. The van der Waals surface area contributed by atoms with Crippen molar-refractivity contribution in [3.63, 3.8) is 0 Å². The Morgan fingerprint density at radius 3 is 2.73 bits per heavy atom. The number of hydrogen-bond acceptors (Lipinski definition) is 5. The second kappa shape index (κ2) is 4.46. The molecule has 0 aliphatic rings. The van der Waals surface area contributed by atoms with Gasteiger partial charge >= 0.3 is 0 Å². The van der Waals surface area contributed by atoms with Crippen LogP contribution in [0.4, 0.5) is 5.82 Å². The summed E-state index contributed by atoms with van der Waals surface area (Å²) >= 11 is 7.09. The molecule has 2 aromatic rings. The minimum Gasteiger partial charge on any atom is -0.384 e. The van der Waals surface area contributed by atoms with Crippen LogP contribution in [-0.2, 0) is 0 Å². The van der Waals surface area contributed by atoms with Crippen LogP contribution >= 0.6 is 23.4 Å². The van der Waals surface area contributed by atoms with Crippen molar-refractivity contribution in [3.8, 4) is 0 Å². The predicted molar refractivity (Wildman–Crippen MR) is 59.8 cm³/mol. The van der Waals surface area contributed by atoms with Gasteiger partial charge in [0.25, 0.3) is 0 Å². The quantitative estimate of drug-likeness (QED) is 0.870. The molecule has 0 saturated heterocycles. The van der Waals surface area contributed by atoms with Gasteiger partial charge in [0.2, 0.25) is 0 Å². The minimum atomic E-state index is 0.383. The number of nitrogen functional groups attached to an aromatic ring is 1. The number of anilines is 1.